The quantitative estimate of drug-likeness (QED) is 0.543. The lowest BCUT2D eigenvalue weighted by molar-refractivity contribution is -0.132. The van der Waals surface area contributed by atoms with E-state index < -0.39 is 12.1 Å². The number of rotatable bonds is 6. The molecule has 1 aliphatic rings. The molecule has 3 rings (SSSR count). The molecule has 31 heavy (non-hydrogen) atoms. The van der Waals surface area contributed by atoms with Gasteiger partial charge in [0.05, 0.1) is 0 Å². The van der Waals surface area contributed by atoms with Crippen molar-refractivity contribution >= 4 is 17.8 Å². The maximum absolute atomic E-state index is 12.8. The number of nitrogens with zero attached hydrogens (tertiary/aromatic N) is 1. The van der Waals surface area contributed by atoms with Crippen molar-refractivity contribution in [3.8, 4) is 17.2 Å². The highest BCUT2D eigenvalue weighted by Crippen LogP contribution is 2.19. The summed E-state index contributed by atoms with van der Waals surface area (Å²) in [6, 6.07) is 12.7. The predicted octanol–water partition coefficient (Wildman–Crippen LogP) is 2.51. The summed E-state index contributed by atoms with van der Waals surface area (Å²) in [6.45, 7) is 3.99. The van der Waals surface area contributed by atoms with Crippen LogP contribution in [-0.2, 0) is 9.59 Å². The lowest BCUT2D eigenvalue weighted by atomic mass is 10.0. The van der Waals surface area contributed by atoms with Crippen LogP contribution in [0.1, 0.15) is 37.0 Å². The van der Waals surface area contributed by atoms with Crippen LogP contribution in [0.2, 0.25) is 0 Å². The van der Waals surface area contributed by atoms with E-state index in [0.717, 1.165) is 0 Å². The van der Waals surface area contributed by atoms with Crippen LogP contribution in [0, 0.1) is 0 Å². The Bertz CT molecular complexity index is 935. The van der Waals surface area contributed by atoms with Crippen molar-refractivity contribution in [2.45, 2.75) is 38.8 Å². The molecule has 1 fully saturated rings. The van der Waals surface area contributed by atoms with Crippen LogP contribution < -0.4 is 14.8 Å². The van der Waals surface area contributed by atoms with Gasteiger partial charge in [0, 0.05) is 31.6 Å². The highest BCUT2D eigenvalue weighted by atomic mass is 16.5. The first-order valence-corrected chi connectivity index (χ1v) is 10.2. The zero-order valence-corrected chi connectivity index (χ0v) is 17.5. The predicted molar refractivity (Wildman–Crippen MR) is 113 cm³/mol. The van der Waals surface area contributed by atoms with Gasteiger partial charge in [-0.25, -0.2) is 0 Å². The van der Waals surface area contributed by atoms with Gasteiger partial charge in [0.25, 0.3) is 11.8 Å². The molecule has 0 saturated carbocycles. The Balaban J connectivity index is 1.48. The molecule has 0 aliphatic carbocycles. The second kappa shape index (κ2) is 9.97. The third-order valence-corrected chi connectivity index (χ3v) is 4.99. The van der Waals surface area contributed by atoms with Crippen molar-refractivity contribution in [2.75, 3.05) is 13.1 Å². The lowest BCUT2D eigenvalue weighted by Gasteiger charge is -2.33. The Morgan fingerprint density at radius 3 is 2.39 bits per heavy atom. The third-order valence-electron chi connectivity index (χ3n) is 4.99. The van der Waals surface area contributed by atoms with Gasteiger partial charge in [-0.1, -0.05) is 6.07 Å². The monoisotopic (exact) mass is 426 g/mol. The minimum absolute atomic E-state index is 0.0465. The molecule has 2 aromatic carbocycles. The molecule has 8 heteroatoms. The highest BCUT2D eigenvalue weighted by molar-refractivity contribution is 5.94. The number of carbonyl (C=O) groups is 3. The summed E-state index contributed by atoms with van der Waals surface area (Å²) in [5.74, 6) is 0.156. The van der Waals surface area contributed by atoms with Crippen molar-refractivity contribution in [1.29, 1.82) is 0 Å². The number of ether oxygens (including phenoxy) is 2. The molecule has 2 amide bonds. The summed E-state index contributed by atoms with van der Waals surface area (Å²) in [5, 5.41) is 12.3. The molecule has 0 aromatic heterocycles. The van der Waals surface area contributed by atoms with Gasteiger partial charge in [-0.2, -0.15) is 0 Å². The average Bonchev–Trinajstić information content (AvgIpc) is 2.75. The SMILES string of the molecule is CC(=O)Oc1cccc(C(=O)N2CCC(NC(=O)C(C)Oc3ccc(O)cc3)CC2)c1. The molecule has 2 N–H and O–H groups in total. The van der Waals surface area contributed by atoms with Crippen molar-refractivity contribution in [1.82, 2.24) is 10.2 Å². The largest absolute Gasteiger partial charge is 0.508 e. The van der Waals surface area contributed by atoms with Crippen molar-refractivity contribution in [3.63, 3.8) is 0 Å². The maximum Gasteiger partial charge on any atom is 0.308 e. The molecule has 0 bridgehead atoms. The molecule has 1 heterocycles. The van der Waals surface area contributed by atoms with E-state index in [1.807, 2.05) is 0 Å². The highest BCUT2D eigenvalue weighted by Gasteiger charge is 2.26. The van der Waals surface area contributed by atoms with Gasteiger partial charge < -0.3 is 24.8 Å². The number of phenols is 1. The number of carbonyl (C=O) groups excluding carboxylic acids is 3. The van der Waals surface area contributed by atoms with Crippen LogP contribution in [-0.4, -0.2) is 53.0 Å². The molecule has 164 valence electrons. The van der Waals surface area contributed by atoms with Crippen LogP contribution in [0.5, 0.6) is 17.2 Å². The Kier molecular flexibility index (Phi) is 7.12. The van der Waals surface area contributed by atoms with E-state index in [1.54, 1.807) is 48.2 Å². The van der Waals surface area contributed by atoms with Gasteiger partial charge in [-0.15, -0.1) is 0 Å². The number of nitrogens with one attached hydrogen (secondary N) is 1. The molecular formula is C23H26N2O6. The molecule has 1 unspecified atom stereocenters. The number of hydrogen-bond acceptors (Lipinski definition) is 6. The van der Waals surface area contributed by atoms with Gasteiger partial charge in [-0.05, 0) is 62.2 Å². The Labute approximate surface area is 180 Å². The fourth-order valence-electron chi connectivity index (χ4n) is 3.37. The number of amides is 2. The summed E-state index contributed by atoms with van der Waals surface area (Å²) >= 11 is 0. The van der Waals surface area contributed by atoms with Gasteiger partial charge in [-0.3, -0.25) is 14.4 Å². The standard InChI is InChI=1S/C23H26N2O6/c1-15(30-20-8-6-19(27)7-9-20)22(28)24-18-10-12-25(13-11-18)23(29)17-4-3-5-21(14-17)31-16(2)26/h3-9,14-15,18,27H,10-13H2,1-2H3,(H,24,28). The minimum atomic E-state index is -0.687. The maximum atomic E-state index is 12.8. The van der Waals surface area contributed by atoms with E-state index in [9.17, 15) is 19.5 Å². The molecule has 2 aromatic rings. The van der Waals surface area contributed by atoms with E-state index in [0.29, 0.717) is 43.0 Å². The molecular weight excluding hydrogens is 400 g/mol. The number of aromatic hydroxyl groups is 1. The summed E-state index contributed by atoms with van der Waals surface area (Å²) < 4.78 is 10.6. The van der Waals surface area contributed by atoms with Gasteiger partial charge >= 0.3 is 5.97 Å². The fraction of sp³-hybridized carbons (Fsp3) is 0.348. The Morgan fingerprint density at radius 2 is 1.74 bits per heavy atom. The van der Waals surface area contributed by atoms with Crippen LogP contribution in [0.15, 0.2) is 48.5 Å². The lowest BCUT2D eigenvalue weighted by Crippen LogP contribution is -2.49. The van der Waals surface area contributed by atoms with E-state index in [-0.39, 0.29) is 23.6 Å². The number of piperidine rings is 1. The number of esters is 1. The zero-order chi connectivity index (χ0) is 22.4. The first-order valence-electron chi connectivity index (χ1n) is 10.2. The van der Waals surface area contributed by atoms with E-state index >= 15 is 0 Å². The topological polar surface area (TPSA) is 105 Å². The fourth-order valence-corrected chi connectivity index (χ4v) is 3.37. The van der Waals surface area contributed by atoms with Gasteiger partial charge in [0.2, 0.25) is 0 Å². The number of hydrogen-bond donors (Lipinski definition) is 2. The van der Waals surface area contributed by atoms with Crippen molar-refractivity contribution in [3.05, 3.63) is 54.1 Å². The summed E-state index contributed by atoms with van der Waals surface area (Å²) in [4.78, 5) is 38.0. The molecule has 1 saturated heterocycles. The molecule has 8 nitrogen and oxygen atoms in total. The summed E-state index contributed by atoms with van der Waals surface area (Å²) in [5.41, 5.74) is 0.456. The minimum Gasteiger partial charge on any atom is -0.508 e. The van der Waals surface area contributed by atoms with Crippen LogP contribution in [0.25, 0.3) is 0 Å². The zero-order valence-electron chi connectivity index (χ0n) is 17.5. The number of phenolic OH excluding ortho intramolecular Hbond substituents is 1. The number of likely N-dealkylation sites (tertiary alicyclic amines) is 1. The van der Waals surface area contributed by atoms with E-state index in [1.165, 1.54) is 19.1 Å². The number of benzene rings is 2. The average molecular weight is 426 g/mol. The molecule has 1 atom stereocenters. The molecule has 0 radical (unpaired) electrons. The second-order valence-electron chi connectivity index (χ2n) is 7.45. The van der Waals surface area contributed by atoms with Crippen LogP contribution >= 0.6 is 0 Å². The normalized spacial score (nSPS) is 15.1. The first-order chi connectivity index (χ1) is 14.8. The molecule has 0 spiro atoms. The van der Waals surface area contributed by atoms with Gasteiger partial charge in [0.1, 0.15) is 17.2 Å². The third kappa shape index (κ3) is 6.21. The van der Waals surface area contributed by atoms with Gasteiger partial charge in [0.15, 0.2) is 6.10 Å². The summed E-state index contributed by atoms with van der Waals surface area (Å²) in [7, 11) is 0. The first kappa shape index (κ1) is 22.1. The van der Waals surface area contributed by atoms with Crippen LogP contribution in [0.4, 0.5) is 0 Å². The van der Waals surface area contributed by atoms with E-state index in [2.05, 4.69) is 5.32 Å². The molecule has 1 aliphatic heterocycles. The Morgan fingerprint density at radius 1 is 1.06 bits per heavy atom. The van der Waals surface area contributed by atoms with Crippen molar-refractivity contribution < 1.29 is 29.0 Å². The van der Waals surface area contributed by atoms with Crippen molar-refractivity contribution in [2.24, 2.45) is 0 Å². The van der Waals surface area contributed by atoms with E-state index in [4.69, 9.17) is 9.47 Å². The summed E-state index contributed by atoms with van der Waals surface area (Å²) in [6.07, 6.45) is 0.577. The Hall–Kier alpha value is -3.55. The smallest absolute Gasteiger partial charge is 0.308 e. The second-order valence-corrected chi connectivity index (χ2v) is 7.45. The van der Waals surface area contributed by atoms with Crippen LogP contribution in [0.3, 0.4) is 0 Å².